The number of hydrogen-bond acceptors (Lipinski definition) is 5. The van der Waals surface area contributed by atoms with Crippen LogP contribution in [0.15, 0.2) is 12.3 Å². The fourth-order valence-electron chi connectivity index (χ4n) is 4.99. The normalized spacial score (nSPS) is 25.7. The number of piperidine rings is 1. The highest BCUT2D eigenvalue weighted by Crippen LogP contribution is 2.30. The van der Waals surface area contributed by atoms with Crippen LogP contribution in [0.25, 0.3) is 0 Å². The van der Waals surface area contributed by atoms with Crippen molar-refractivity contribution in [3.63, 3.8) is 0 Å². The van der Waals surface area contributed by atoms with Crippen molar-refractivity contribution in [3.8, 4) is 0 Å². The van der Waals surface area contributed by atoms with Crippen LogP contribution in [0.4, 0.5) is 11.8 Å². The Morgan fingerprint density at radius 1 is 0.885 bits per heavy atom. The van der Waals surface area contributed by atoms with E-state index < -0.39 is 0 Å². The van der Waals surface area contributed by atoms with Gasteiger partial charge in [-0.2, -0.15) is 4.98 Å². The van der Waals surface area contributed by atoms with Gasteiger partial charge in [-0.1, -0.05) is 32.1 Å². The maximum atomic E-state index is 5.10. The van der Waals surface area contributed by atoms with Crippen LogP contribution in [-0.4, -0.2) is 48.2 Å². The second-order valence-corrected chi connectivity index (χ2v) is 8.32. The van der Waals surface area contributed by atoms with Gasteiger partial charge in [0, 0.05) is 37.9 Å². The third-order valence-corrected chi connectivity index (χ3v) is 6.42. The summed E-state index contributed by atoms with van der Waals surface area (Å²) in [6.45, 7) is 4.52. The summed E-state index contributed by atoms with van der Waals surface area (Å²) in [4.78, 5) is 15.0. The molecule has 3 heterocycles. The molecule has 1 unspecified atom stereocenters. The lowest BCUT2D eigenvalue weighted by Gasteiger charge is -2.42. The summed E-state index contributed by atoms with van der Waals surface area (Å²) in [5.41, 5.74) is 0. The molecule has 2 aliphatic heterocycles. The van der Waals surface area contributed by atoms with Crippen molar-refractivity contribution in [3.05, 3.63) is 12.3 Å². The smallest absolute Gasteiger partial charge is 0.227 e. The molecule has 1 atom stereocenters. The molecule has 1 aliphatic carbocycles. The van der Waals surface area contributed by atoms with Gasteiger partial charge < -0.3 is 15.1 Å². The van der Waals surface area contributed by atoms with Gasteiger partial charge in [-0.3, -0.25) is 0 Å². The van der Waals surface area contributed by atoms with Crippen molar-refractivity contribution >= 4 is 11.8 Å². The molecular formula is C21H35N5. The van der Waals surface area contributed by atoms with E-state index in [0.29, 0.717) is 12.1 Å². The lowest BCUT2D eigenvalue weighted by Crippen LogP contribution is -2.52. The molecule has 4 rings (SSSR count). The first-order valence-corrected chi connectivity index (χ1v) is 11.0. The van der Waals surface area contributed by atoms with Gasteiger partial charge in [-0.25, -0.2) is 4.98 Å². The van der Waals surface area contributed by atoms with Gasteiger partial charge in [-0.15, -0.1) is 0 Å². The van der Waals surface area contributed by atoms with Crippen molar-refractivity contribution in [1.29, 1.82) is 0 Å². The minimum absolute atomic E-state index is 0.547. The first-order chi connectivity index (χ1) is 12.9. The molecule has 1 aromatic rings. The number of anilines is 2. The molecule has 144 valence electrons. The predicted molar refractivity (Wildman–Crippen MR) is 108 cm³/mol. The van der Waals surface area contributed by atoms with Crippen molar-refractivity contribution in [2.24, 2.45) is 0 Å². The molecule has 0 radical (unpaired) electrons. The van der Waals surface area contributed by atoms with E-state index in [2.05, 4.69) is 21.2 Å². The third-order valence-electron chi connectivity index (χ3n) is 6.42. The van der Waals surface area contributed by atoms with Crippen LogP contribution < -0.4 is 15.1 Å². The molecule has 0 bridgehead atoms. The van der Waals surface area contributed by atoms with Gasteiger partial charge in [0.1, 0.15) is 5.82 Å². The maximum absolute atomic E-state index is 5.10. The van der Waals surface area contributed by atoms with Gasteiger partial charge in [0.2, 0.25) is 5.95 Å². The Morgan fingerprint density at radius 2 is 1.62 bits per heavy atom. The summed E-state index contributed by atoms with van der Waals surface area (Å²) in [5, 5.41) is 3.60. The summed E-state index contributed by atoms with van der Waals surface area (Å²) in [7, 11) is 0. The fraction of sp³-hybridized carbons (Fsp3) is 0.810. The van der Waals surface area contributed by atoms with E-state index in [1.807, 2.05) is 6.20 Å². The highest BCUT2D eigenvalue weighted by Gasteiger charge is 2.31. The Kier molecular flexibility index (Phi) is 6.26. The first-order valence-electron chi connectivity index (χ1n) is 11.0. The topological polar surface area (TPSA) is 44.3 Å². The second-order valence-electron chi connectivity index (χ2n) is 8.32. The lowest BCUT2D eigenvalue weighted by molar-refractivity contribution is 0.344. The standard InChI is InChI=1S/C21H35N5/c1-2-7-16-25(15-6-1)20-12-14-23-21(24-20)26(18-9-4-3-5-10-18)19-11-8-13-22-17-19/h12,14,18-19,22H,1-11,13,15-17H2. The maximum Gasteiger partial charge on any atom is 0.227 e. The van der Waals surface area contributed by atoms with Crippen LogP contribution in [-0.2, 0) is 0 Å². The molecule has 3 fully saturated rings. The van der Waals surface area contributed by atoms with Gasteiger partial charge >= 0.3 is 0 Å². The number of nitrogens with one attached hydrogen (secondary N) is 1. The van der Waals surface area contributed by atoms with Crippen LogP contribution >= 0.6 is 0 Å². The van der Waals surface area contributed by atoms with Crippen LogP contribution in [0.2, 0.25) is 0 Å². The molecule has 1 aromatic heterocycles. The van der Waals surface area contributed by atoms with Crippen molar-refractivity contribution in [1.82, 2.24) is 15.3 Å². The third kappa shape index (κ3) is 4.30. The molecule has 2 saturated heterocycles. The molecular weight excluding hydrogens is 322 g/mol. The Bertz CT molecular complexity index is 525. The minimum Gasteiger partial charge on any atom is -0.356 e. The van der Waals surface area contributed by atoms with E-state index >= 15 is 0 Å². The molecule has 0 spiro atoms. The van der Waals surface area contributed by atoms with Crippen LogP contribution in [0.1, 0.15) is 70.6 Å². The Labute approximate surface area is 158 Å². The largest absolute Gasteiger partial charge is 0.356 e. The average Bonchev–Trinajstić information content (AvgIpc) is 3.00. The monoisotopic (exact) mass is 357 g/mol. The number of hydrogen-bond donors (Lipinski definition) is 1. The second kappa shape index (κ2) is 9.03. The van der Waals surface area contributed by atoms with E-state index in [1.54, 1.807) is 0 Å². The van der Waals surface area contributed by atoms with Gasteiger partial charge in [0.25, 0.3) is 0 Å². The number of nitrogens with zero attached hydrogens (tertiary/aromatic N) is 4. The average molecular weight is 358 g/mol. The molecule has 5 heteroatoms. The van der Waals surface area contributed by atoms with Gasteiger partial charge in [0.15, 0.2) is 0 Å². The predicted octanol–water partition coefficient (Wildman–Crippen LogP) is 3.75. The van der Waals surface area contributed by atoms with E-state index in [9.17, 15) is 0 Å². The molecule has 5 nitrogen and oxygen atoms in total. The number of aromatic nitrogens is 2. The molecule has 1 saturated carbocycles. The fourth-order valence-corrected chi connectivity index (χ4v) is 4.99. The molecule has 1 N–H and O–H groups in total. The van der Waals surface area contributed by atoms with Gasteiger partial charge in [0.05, 0.1) is 0 Å². The highest BCUT2D eigenvalue weighted by atomic mass is 15.3. The SMILES string of the molecule is c1cc(N2CCCCCC2)nc(N(C2CCCCC2)C2CCCNC2)n1. The zero-order valence-electron chi connectivity index (χ0n) is 16.2. The zero-order chi connectivity index (χ0) is 17.6. The van der Waals surface area contributed by atoms with E-state index in [-0.39, 0.29) is 0 Å². The zero-order valence-corrected chi connectivity index (χ0v) is 16.2. The van der Waals surface area contributed by atoms with Crippen molar-refractivity contribution in [2.75, 3.05) is 36.0 Å². The van der Waals surface area contributed by atoms with E-state index in [0.717, 1.165) is 37.9 Å². The quantitative estimate of drug-likeness (QED) is 0.889. The Balaban J connectivity index is 1.58. The Morgan fingerprint density at radius 3 is 2.35 bits per heavy atom. The van der Waals surface area contributed by atoms with Crippen molar-refractivity contribution < 1.29 is 0 Å². The summed E-state index contributed by atoms with van der Waals surface area (Å²) in [6, 6.07) is 3.28. The van der Waals surface area contributed by atoms with Crippen LogP contribution in [0, 0.1) is 0 Å². The Hall–Kier alpha value is -1.36. The summed E-state index contributed by atoms with van der Waals surface area (Å²) in [5.74, 6) is 2.12. The minimum atomic E-state index is 0.547. The lowest BCUT2D eigenvalue weighted by atomic mass is 9.92. The van der Waals surface area contributed by atoms with E-state index in [4.69, 9.17) is 9.97 Å². The highest BCUT2D eigenvalue weighted by molar-refractivity contribution is 5.45. The van der Waals surface area contributed by atoms with Crippen molar-refractivity contribution in [2.45, 2.75) is 82.7 Å². The number of rotatable bonds is 4. The van der Waals surface area contributed by atoms with E-state index in [1.165, 1.54) is 70.6 Å². The summed E-state index contributed by atoms with van der Waals surface area (Å²) in [6.07, 6.45) is 16.5. The molecule has 26 heavy (non-hydrogen) atoms. The molecule has 0 aromatic carbocycles. The molecule has 3 aliphatic rings. The summed E-state index contributed by atoms with van der Waals surface area (Å²) >= 11 is 0. The summed E-state index contributed by atoms with van der Waals surface area (Å²) < 4.78 is 0. The van der Waals surface area contributed by atoms with Crippen LogP contribution in [0.3, 0.4) is 0 Å². The van der Waals surface area contributed by atoms with Gasteiger partial charge in [-0.05, 0) is 51.1 Å². The first kappa shape index (κ1) is 18.0. The van der Waals surface area contributed by atoms with Crippen LogP contribution in [0.5, 0.6) is 0 Å². The molecule has 0 amide bonds.